The third kappa shape index (κ3) is 3.46. The Bertz CT molecular complexity index is 648. The van der Waals surface area contributed by atoms with Crippen molar-refractivity contribution >= 4 is 5.69 Å². The zero-order valence-electron chi connectivity index (χ0n) is 14.6. The molecule has 7 heteroatoms. The number of halogens is 3. The molecular formula is C18H23F3N2O2. The Morgan fingerprint density at radius 1 is 1.08 bits per heavy atom. The van der Waals surface area contributed by atoms with E-state index in [9.17, 15) is 28.6 Å². The van der Waals surface area contributed by atoms with Gasteiger partial charge in [-0.2, -0.15) is 18.4 Å². The Hall–Kier alpha value is -1.78. The van der Waals surface area contributed by atoms with E-state index >= 15 is 0 Å². The maximum absolute atomic E-state index is 12.6. The number of alkyl halides is 3. The predicted octanol–water partition coefficient (Wildman–Crippen LogP) is 3.62. The molecule has 0 aromatic heterocycles. The summed E-state index contributed by atoms with van der Waals surface area (Å²) in [5, 5.41) is 32.8. The van der Waals surface area contributed by atoms with Gasteiger partial charge in [0.2, 0.25) is 0 Å². The van der Waals surface area contributed by atoms with Crippen molar-refractivity contribution in [2.24, 2.45) is 22.7 Å². The van der Waals surface area contributed by atoms with Gasteiger partial charge in [0.25, 0.3) is 0 Å². The summed E-state index contributed by atoms with van der Waals surface area (Å²) < 4.78 is 37.7. The lowest BCUT2D eigenvalue weighted by atomic mass is 9.93. The van der Waals surface area contributed by atoms with Gasteiger partial charge in [-0.3, -0.25) is 0 Å². The van der Waals surface area contributed by atoms with Crippen molar-refractivity contribution in [2.75, 3.05) is 5.32 Å². The van der Waals surface area contributed by atoms with E-state index in [1.54, 1.807) is 0 Å². The number of anilines is 1. The van der Waals surface area contributed by atoms with Crippen LogP contribution in [0.2, 0.25) is 0 Å². The summed E-state index contributed by atoms with van der Waals surface area (Å²) in [6.45, 7) is 7.96. The van der Waals surface area contributed by atoms with Crippen molar-refractivity contribution < 1.29 is 23.4 Å². The number of nitriles is 1. The maximum Gasteiger partial charge on any atom is 0.416 e. The zero-order chi connectivity index (χ0) is 19.2. The van der Waals surface area contributed by atoms with E-state index in [2.05, 4.69) is 5.32 Å². The van der Waals surface area contributed by atoms with Gasteiger partial charge < -0.3 is 15.5 Å². The van der Waals surface area contributed by atoms with Crippen LogP contribution in [0.15, 0.2) is 24.3 Å². The molecule has 2 rings (SSSR count). The fraction of sp³-hybridized carbons (Fsp3) is 0.611. The molecule has 0 aliphatic heterocycles. The number of aliphatic hydroxyl groups is 2. The van der Waals surface area contributed by atoms with E-state index in [1.807, 2.05) is 33.8 Å². The van der Waals surface area contributed by atoms with Gasteiger partial charge in [0.05, 0.1) is 17.7 Å². The van der Waals surface area contributed by atoms with Crippen molar-refractivity contribution in [3.8, 4) is 6.07 Å². The summed E-state index contributed by atoms with van der Waals surface area (Å²) in [7, 11) is 0. The van der Waals surface area contributed by atoms with Gasteiger partial charge >= 0.3 is 6.18 Å². The molecule has 3 unspecified atom stereocenters. The van der Waals surface area contributed by atoms with Crippen molar-refractivity contribution in [3.05, 3.63) is 29.8 Å². The van der Waals surface area contributed by atoms with Crippen LogP contribution in [0.5, 0.6) is 0 Å². The molecule has 4 nitrogen and oxygen atoms in total. The SMILES string of the molecule is CC1(C)C(C(O)C(C#N)C(O)Nc2ccc(C(F)(F)F)cc2)C1(C)C. The topological polar surface area (TPSA) is 76.3 Å². The number of nitrogens with one attached hydrogen (secondary N) is 1. The first-order valence-electron chi connectivity index (χ1n) is 8.03. The minimum Gasteiger partial charge on any atom is -0.391 e. The third-order valence-electron chi connectivity index (χ3n) is 5.86. The summed E-state index contributed by atoms with van der Waals surface area (Å²) >= 11 is 0. The zero-order valence-corrected chi connectivity index (χ0v) is 14.6. The van der Waals surface area contributed by atoms with E-state index in [4.69, 9.17) is 0 Å². The van der Waals surface area contributed by atoms with Crippen LogP contribution in [-0.4, -0.2) is 22.5 Å². The van der Waals surface area contributed by atoms with Gasteiger partial charge in [0, 0.05) is 5.69 Å². The van der Waals surface area contributed by atoms with Crippen molar-refractivity contribution in [1.82, 2.24) is 0 Å². The monoisotopic (exact) mass is 356 g/mol. The molecule has 138 valence electrons. The van der Waals surface area contributed by atoms with Gasteiger partial charge in [-0.25, -0.2) is 0 Å². The predicted molar refractivity (Wildman–Crippen MR) is 87.2 cm³/mol. The highest BCUT2D eigenvalue weighted by Crippen LogP contribution is 2.70. The van der Waals surface area contributed by atoms with Crippen LogP contribution in [-0.2, 0) is 6.18 Å². The summed E-state index contributed by atoms with van der Waals surface area (Å²) in [6, 6.07) is 6.05. The minimum absolute atomic E-state index is 0.159. The van der Waals surface area contributed by atoms with Gasteiger partial charge in [0.15, 0.2) is 0 Å². The Kier molecular flexibility index (Phi) is 4.84. The van der Waals surface area contributed by atoms with Gasteiger partial charge in [-0.05, 0) is 41.0 Å². The highest BCUT2D eigenvalue weighted by Gasteiger charge is 2.68. The molecule has 1 aliphatic carbocycles. The molecule has 3 atom stereocenters. The van der Waals surface area contributed by atoms with Gasteiger partial charge in [0.1, 0.15) is 12.1 Å². The average Bonchev–Trinajstić information content (AvgIpc) is 2.88. The maximum atomic E-state index is 12.6. The summed E-state index contributed by atoms with van der Waals surface area (Å²) in [5.41, 5.74) is -0.904. The standard InChI is InChI=1S/C18H23F3N2O2/c1-16(2)14(17(16,3)4)13(24)12(9-22)15(25)23-11-7-5-10(6-8-11)18(19,20)21/h5-8,12-15,23-25H,1-4H3. The fourth-order valence-corrected chi connectivity index (χ4v) is 3.66. The van der Waals surface area contributed by atoms with Crippen molar-refractivity contribution in [1.29, 1.82) is 5.26 Å². The molecular weight excluding hydrogens is 333 g/mol. The quantitative estimate of drug-likeness (QED) is 0.705. The Labute approximate surface area is 145 Å². The highest BCUT2D eigenvalue weighted by atomic mass is 19.4. The van der Waals surface area contributed by atoms with Crippen LogP contribution in [0.25, 0.3) is 0 Å². The first-order chi connectivity index (χ1) is 11.3. The number of rotatable bonds is 5. The van der Waals surface area contributed by atoms with Crippen LogP contribution in [0.4, 0.5) is 18.9 Å². The van der Waals surface area contributed by atoms with Crippen LogP contribution >= 0.6 is 0 Å². The van der Waals surface area contributed by atoms with E-state index in [0.29, 0.717) is 0 Å². The number of hydrogen-bond acceptors (Lipinski definition) is 4. The van der Waals surface area contributed by atoms with Crippen LogP contribution < -0.4 is 5.32 Å². The second-order valence-electron chi connectivity index (χ2n) is 7.73. The molecule has 0 bridgehead atoms. The molecule has 0 heterocycles. The Morgan fingerprint density at radius 3 is 1.92 bits per heavy atom. The van der Waals surface area contributed by atoms with Crippen molar-refractivity contribution in [3.63, 3.8) is 0 Å². The van der Waals surface area contributed by atoms with E-state index in [-0.39, 0.29) is 22.4 Å². The average molecular weight is 356 g/mol. The molecule has 0 radical (unpaired) electrons. The molecule has 1 fully saturated rings. The lowest BCUT2D eigenvalue weighted by Crippen LogP contribution is -2.38. The van der Waals surface area contributed by atoms with Crippen LogP contribution in [0, 0.1) is 34.0 Å². The lowest BCUT2D eigenvalue weighted by molar-refractivity contribution is -0.137. The third-order valence-corrected chi connectivity index (χ3v) is 5.86. The van der Waals surface area contributed by atoms with E-state index < -0.39 is 30.0 Å². The smallest absolute Gasteiger partial charge is 0.391 e. The number of hydrogen-bond donors (Lipinski definition) is 3. The number of benzene rings is 1. The molecule has 1 aliphatic rings. The molecule has 0 amide bonds. The van der Waals surface area contributed by atoms with E-state index in [1.165, 1.54) is 12.1 Å². The normalized spacial score (nSPS) is 22.6. The van der Waals surface area contributed by atoms with Crippen LogP contribution in [0.1, 0.15) is 33.3 Å². The lowest BCUT2D eigenvalue weighted by Gasteiger charge is -2.25. The second kappa shape index (κ2) is 6.19. The number of nitrogens with zero attached hydrogens (tertiary/aromatic N) is 1. The first-order valence-corrected chi connectivity index (χ1v) is 8.03. The Morgan fingerprint density at radius 2 is 1.56 bits per heavy atom. The van der Waals surface area contributed by atoms with Crippen LogP contribution in [0.3, 0.4) is 0 Å². The summed E-state index contributed by atoms with van der Waals surface area (Å²) in [5.74, 6) is -1.26. The molecule has 0 spiro atoms. The van der Waals surface area contributed by atoms with Crippen molar-refractivity contribution in [2.45, 2.75) is 46.2 Å². The molecule has 3 N–H and O–H groups in total. The minimum atomic E-state index is -4.44. The Balaban J connectivity index is 2.08. The molecule has 1 saturated carbocycles. The molecule has 25 heavy (non-hydrogen) atoms. The number of aliphatic hydroxyl groups excluding tert-OH is 2. The highest BCUT2D eigenvalue weighted by molar-refractivity contribution is 5.46. The fourth-order valence-electron chi connectivity index (χ4n) is 3.66. The second-order valence-corrected chi connectivity index (χ2v) is 7.73. The van der Waals surface area contributed by atoms with Gasteiger partial charge in [-0.15, -0.1) is 0 Å². The molecule has 1 aromatic rings. The first kappa shape index (κ1) is 19.5. The van der Waals surface area contributed by atoms with E-state index in [0.717, 1.165) is 12.1 Å². The molecule has 0 saturated heterocycles. The molecule has 1 aromatic carbocycles. The summed E-state index contributed by atoms with van der Waals surface area (Å²) in [6.07, 6.45) is -6.89. The summed E-state index contributed by atoms with van der Waals surface area (Å²) in [4.78, 5) is 0. The largest absolute Gasteiger partial charge is 0.416 e. The van der Waals surface area contributed by atoms with Gasteiger partial charge in [-0.1, -0.05) is 27.7 Å².